The van der Waals surface area contributed by atoms with Crippen molar-refractivity contribution in [2.24, 2.45) is 0 Å². The van der Waals surface area contributed by atoms with Crippen LogP contribution in [0, 0.1) is 0 Å². The summed E-state index contributed by atoms with van der Waals surface area (Å²) in [5.74, 6) is -1.27. The van der Waals surface area contributed by atoms with Crippen LogP contribution in [0.2, 0.25) is 0 Å². The molecule has 0 bridgehead atoms. The fraction of sp³-hybridized carbons (Fsp3) is 0.615. The molecule has 0 radical (unpaired) electrons. The van der Waals surface area contributed by atoms with E-state index < -0.39 is 5.97 Å². The van der Waals surface area contributed by atoms with Crippen LogP contribution in [0.1, 0.15) is 20.3 Å². The number of carbonyl (C=O) groups excluding carboxylic acids is 1. The van der Waals surface area contributed by atoms with E-state index in [0.29, 0.717) is 13.1 Å². The van der Waals surface area contributed by atoms with E-state index in [2.05, 4.69) is 14.8 Å². The summed E-state index contributed by atoms with van der Waals surface area (Å²) in [6.07, 6.45) is 0. The van der Waals surface area contributed by atoms with Crippen LogP contribution in [0.3, 0.4) is 0 Å². The van der Waals surface area contributed by atoms with Gasteiger partial charge in [-0.3, -0.25) is 9.69 Å². The molecule has 2 rings (SSSR count). The second-order valence-electron chi connectivity index (χ2n) is 5.28. The Balaban J connectivity index is 1.86. The van der Waals surface area contributed by atoms with Gasteiger partial charge >= 0.3 is 5.97 Å². The summed E-state index contributed by atoms with van der Waals surface area (Å²) >= 11 is 1.09. The highest BCUT2D eigenvalue weighted by Crippen LogP contribution is 2.14. The minimum atomic E-state index is -1.10. The van der Waals surface area contributed by atoms with Crippen molar-refractivity contribution in [3.05, 3.63) is 16.1 Å². The lowest BCUT2D eigenvalue weighted by Crippen LogP contribution is -2.49. The van der Waals surface area contributed by atoms with Gasteiger partial charge in [-0.05, 0) is 14.1 Å². The maximum absolute atomic E-state index is 12.3. The lowest BCUT2D eigenvalue weighted by atomic mass is 10.3. The van der Waals surface area contributed by atoms with Crippen LogP contribution < -0.4 is 0 Å². The molecule has 1 aromatic rings. The number of amides is 1. The normalized spacial score (nSPS) is 16.4. The van der Waals surface area contributed by atoms with Gasteiger partial charge < -0.3 is 14.9 Å². The molecule has 1 amide bonds. The van der Waals surface area contributed by atoms with E-state index in [1.807, 2.05) is 14.1 Å². The molecule has 0 aliphatic carbocycles. The van der Waals surface area contributed by atoms with E-state index in [1.165, 1.54) is 5.38 Å². The van der Waals surface area contributed by atoms with E-state index in [1.54, 1.807) is 4.90 Å². The highest BCUT2D eigenvalue weighted by molar-refractivity contribution is 7.11. The molecule has 1 aromatic heterocycles. The van der Waals surface area contributed by atoms with Gasteiger partial charge in [-0.25, -0.2) is 9.78 Å². The average Bonchev–Trinajstić information content (AvgIpc) is 2.95. The van der Waals surface area contributed by atoms with Gasteiger partial charge in [0, 0.05) is 44.6 Å². The summed E-state index contributed by atoms with van der Waals surface area (Å²) in [6.45, 7) is 5.01. The van der Waals surface area contributed by atoms with Gasteiger partial charge in [0.25, 0.3) is 5.91 Å². The van der Waals surface area contributed by atoms with Gasteiger partial charge in [0.2, 0.25) is 0 Å². The molecular formula is C13H20N4O3S. The quantitative estimate of drug-likeness (QED) is 0.835. The van der Waals surface area contributed by atoms with Crippen molar-refractivity contribution in [1.82, 2.24) is 19.7 Å². The predicted octanol–water partition coefficient (Wildman–Crippen LogP) is 0.161. The van der Waals surface area contributed by atoms with E-state index in [-0.39, 0.29) is 16.6 Å². The monoisotopic (exact) mass is 312 g/mol. The van der Waals surface area contributed by atoms with E-state index in [4.69, 9.17) is 5.11 Å². The van der Waals surface area contributed by atoms with Gasteiger partial charge in [-0.15, -0.1) is 11.3 Å². The number of aromatic nitrogens is 1. The first-order valence-corrected chi connectivity index (χ1v) is 7.70. The number of thiazole rings is 1. The molecule has 0 atom stereocenters. The molecule has 1 N–H and O–H groups in total. The highest BCUT2D eigenvalue weighted by atomic mass is 32.1. The Morgan fingerprint density at radius 1 is 1.33 bits per heavy atom. The molecule has 21 heavy (non-hydrogen) atoms. The molecule has 0 spiro atoms. The van der Waals surface area contributed by atoms with Crippen molar-refractivity contribution in [2.45, 2.75) is 0 Å². The summed E-state index contributed by atoms with van der Waals surface area (Å²) in [6, 6.07) is 0. The van der Waals surface area contributed by atoms with Crippen LogP contribution in [-0.4, -0.2) is 90.0 Å². The summed E-state index contributed by atoms with van der Waals surface area (Å²) in [4.78, 5) is 33.1. The van der Waals surface area contributed by atoms with Gasteiger partial charge in [0.05, 0.1) is 0 Å². The van der Waals surface area contributed by atoms with Crippen LogP contribution in [-0.2, 0) is 0 Å². The van der Waals surface area contributed by atoms with Crippen LogP contribution in [0.4, 0.5) is 0 Å². The molecule has 8 heteroatoms. The number of piperazine rings is 1. The van der Waals surface area contributed by atoms with Gasteiger partial charge in [-0.2, -0.15) is 0 Å². The first-order valence-electron chi connectivity index (χ1n) is 6.82. The predicted molar refractivity (Wildman–Crippen MR) is 80.0 cm³/mol. The third kappa shape index (κ3) is 4.23. The Kier molecular flexibility index (Phi) is 5.27. The van der Waals surface area contributed by atoms with Gasteiger partial charge in [0.1, 0.15) is 0 Å². The summed E-state index contributed by atoms with van der Waals surface area (Å²) in [7, 11) is 4.09. The Morgan fingerprint density at radius 2 is 2.00 bits per heavy atom. The van der Waals surface area contributed by atoms with Crippen molar-refractivity contribution in [3.8, 4) is 0 Å². The summed E-state index contributed by atoms with van der Waals surface area (Å²) in [5, 5.41) is 10.5. The number of rotatable bonds is 5. The molecule has 0 saturated carbocycles. The highest BCUT2D eigenvalue weighted by Gasteiger charge is 2.24. The van der Waals surface area contributed by atoms with Gasteiger partial charge in [0.15, 0.2) is 10.7 Å². The molecular weight excluding hydrogens is 292 g/mol. The fourth-order valence-electron chi connectivity index (χ4n) is 2.12. The zero-order valence-electron chi connectivity index (χ0n) is 12.3. The Bertz CT molecular complexity index is 509. The number of hydrogen-bond acceptors (Lipinski definition) is 6. The topological polar surface area (TPSA) is 77.0 Å². The molecule has 1 fully saturated rings. The van der Waals surface area contributed by atoms with Crippen molar-refractivity contribution in [2.75, 3.05) is 53.4 Å². The molecule has 2 heterocycles. The Morgan fingerprint density at radius 3 is 2.52 bits per heavy atom. The largest absolute Gasteiger partial charge is 0.476 e. The number of likely N-dealkylation sites (N-methyl/N-ethyl adjacent to an activating group) is 1. The van der Waals surface area contributed by atoms with Crippen LogP contribution in [0.15, 0.2) is 5.38 Å². The number of aromatic carboxylic acids is 1. The van der Waals surface area contributed by atoms with Crippen LogP contribution in [0.25, 0.3) is 0 Å². The lowest BCUT2D eigenvalue weighted by molar-refractivity contribution is 0.0629. The Labute approximate surface area is 127 Å². The molecule has 1 saturated heterocycles. The van der Waals surface area contributed by atoms with Crippen LogP contribution in [0.5, 0.6) is 0 Å². The van der Waals surface area contributed by atoms with Crippen molar-refractivity contribution < 1.29 is 14.7 Å². The molecule has 0 aromatic carbocycles. The average molecular weight is 312 g/mol. The summed E-state index contributed by atoms with van der Waals surface area (Å²) in [5.41, 5.74) is -0.0621. The number of nitrogens with zero attached hydrogens (tertiary/aromatic N) is 4. The number of carboxylic acid groups (broad SMARTS) is 1. The minimum Gasteiger partial charge on any atom is -0.476 e. The molecule has 7 nitrogen and oxygen atoms in total. The second kappa shape index (κ2) is 6.97. The van der Waals surface area contributed by atoms with Crippen molar-refractivity contribution in [3.63, 3.8) is 0 Å². The van der Waals surface area contributed by atoms with E-state index in [0.717, 1.165) is 37.5 Å². The van der Waals surface area contributed by atoms with Crippen molar-refractivity contribution in [1.29, 1.82) is 0 Å². The standard InChI is InChI=1S/C13H20N4O3S/c1-15(2)3-4-16-5-7-17(8-6-16)12(18)11-14-10(9-21-11)13(19)20/h9H,3-8H2,1-2H3,(H,19,20). The summed E-state index contributed by atoms with van der Waals surface area (Å²) < 4.78 is 0. The second-order valence-corrected chi connectivity index (χ2v) is 6.14. The molecule has 116 valence electrons. The van der Waals surface area contributed by atoms with E-state index >= 15 is 0 Å². The Hall–Kier alpha value is -1.51. The molecule has 1 aliphatic heterocycles. The SMILES string of the molecule is CN(C)CCN1CCN(C(=O)c2nc(C(=O)O)cs2)CC1. The fourth-order valence-corrected chi connectivity index (χ4v) is 2.88. The number of carbonyl (C=O) groups is 2. The van der Waals surface area contributed by atoms with Gasteiger partial charge in [-0.1, -0.05) is 0 Å². The maximum atomic E-state index is 12.3. The zero-order chi connectivity index (χ0) is 15.4. The van der Waals surface area contributed by atoms with E-state index in [9.17, 15) is 9.59 Å². The number of carboxylic acids is 1. The first-order chi connectivity index (χ1) is 9.97. The number of hydrogen-bond donors (Lipinski definition) is 1. The first kappa shape index (κ1) is 15.9. The van der Waals surface area contributed by atoms with Crippen LogP contribution >= 0.6 is 11.3 Å². The maximum Gasteiger partial charge on any atom is 0.355 e. The lowest BCUT2D eigenvalue weighted by Gasteiger charge is -2.34. The molecule has 1 aliphatic rings. The zero-order valence-corrected chi connectivity index (χ0v) is 13.1. The molecule has 0 unspecified atom stereocenters. The minimum absolute atomic E-state index is 0.0621. The smallest absolute Gasteiger partial charge is 0.355 e. The third-order valence-electron chi connectivity index (χ3n) is 3.43. The third-order valence-corrected chi connectivity index (χ3v) is 4.26. The van der Waals surface area contributed by atoms with Crippen molar-refractivity contribution >= 4 is 23.2 Å².